The van der Waals surface area contributed by atoms with Gasteiger partial charge in [0.25, 0.3) is 11.7 Å². The topological polar surface area (TPSA) is 85.3 Å². The van der Waals surface area contributed by atoms with Crippen LogP contribution in [-0.2, 0) is 20.9 Å². The van der Waals surface area contributed by atoms with E-state index in [2.05, 4.69) is 0 Å². The van der Waals surface area contributed by atoms with Crippen molar-refractivity contribution in [1.29, 1.82) is 0 Å². The lowest BCUT2D eigenvalue weighted by atomic mass is 9.95. The first-order valence-electron chi connectivity index (χ1n) is 12.3. The molecule has 0 aromatic heterocycles. The van der Waals surface area contributed by atoms with Crippen LogP contribution in [0.4, 0.5) is 0 Å². The molecular weight excluding hydrogens is 470 g/mol. The minimum absolute atomic E-state index is 0.0500. The van der Waals surface area contributed by atoms with Crippen molar-refractivity contribution in [3.63, 3.8) is 0 Å². The van der Waals surface area contributed by atoms with Gasteiger partial charge < -0.3 is 24.2 Å². The second-order valence-corrected chi connectivity index (χ2v) is 8.64. The molecule has 3 aromatic carbocycles. The van der Waals surface area contributed by atoms with Crippen LogP contribution in [-0.4, -0.2) is 48.6 Å². The second kappa shape index (κ2) is 12.2. The summed E-state index contributed by atoms with van der Waals surface area (Å²) in [6.07, 6.45) is 0.554. The van der Waals surface area contributed by atoms with Crippen molar-refractivity contribution in [2.24, 2.45) is 0 Å². The molecule has 1 saturated heterocycles. The number of carbonyl (C=O) groups excluding carboxylic acids is 2. The molecule has 0 radical (unpaired) electrons. The van der Waals surface area contributed by atoms with Gasteiger partial charge in [-0.3, -0.25) is 9.59 Å². The maximum absolute atomic E-state index is 13.2. The summed E-state index contributed by atoms with van der Waals surface area (Å²) in [6, 6.07) is 23.2. The SMILES string of the molecule is CCOc1cccc(/C(O)=C2\C(=O)C(=O)N(CCCOC)C2c2ccc(OCc3ccccc3)cc2)c1. The summed E-state index contributed by atoms with van der Waals surface area (Å²) in [5, 5.41) is 11.3. The number of benzene rings is 3. The molecule has 0 bridgehead atoms. The largest absolute Gasteiger partial charge is 0.507 e. The number of likely N-dealkylation sites (tertiary alicyclic amines) is 1. The summed E-state index contributed by atoms with van der Waals surface area (Å²) in [6.45, 7) is 3.51. The normalized spacial score (nSPS) is 16.7. The van der Waals surface area contributed by atoms with Crippen LogP contribution in [0.15, 0.2) is 84.4 Å². The first-order chi connectivity index (χ1) is 18.0. The quantitative estimate of drug-likeness (QED) is 0.170. The van der Waals surface area contributed by atoms with Gasteiger partial charge in [-0.15, -0.1) is 0 Å². The zero-order valence-corrected chi connectivity index (χ0v) is 21.1. The number of methoxy groups -OCH3 is 1. The van der Waals surface area contributed by atoms with Crippen molar-refractivity contribution < 1.29 is 28.9 Å². The third-order valence-corrected chi connectivity index (χ3v) is 6.15. The van der Waals surface area contributed by atoms with Gasteiger partial charge in [0.05, 0.1) is 18.2 Å². The number of aliphatic hydroxyl groups excluding tert-OH is 1. The van der Waals surface area contributed by atoms with Gasteiger partial charge in [-0.1, -0.05) is 54.6 Å². The van der Waals surface area contributed by atoms with Crippen LogP contribution in [0.2, 0.25) is 0 Å². The molecular formula is C30H31NO6. The predicted octanol–water partition coefficient (Wildman–Crippen LogP) is 5.12. The van der Waals surface area contributed by atoms with E-state index in [0.29, 0.717) is 55.4 Å². The highest BCUT2D eigenvalue weighted by Gasteiger charge is 2.45. The maximum atomic E-state index is 13.2. The molecule has 1 unspecified atom stereocenters. The Bertz CT molecular complexity index is 1250. The van der Waals surface area contributed by atoms with Crippen LogP contribution in [0.1, 0.15) is 36.1 Å². The third kappa shape index (κ3) is 6.01. The van der Waals surface area contributed by atoms with Crippen LogP contribution in [0.25, 0.3) is 5.76 Å². The molecule has 0 saturated carbocycles. The van der Waals surface area contributed by atoms with Crippen LogP contribution in [0.3, 0.4) is 0 Å². The first-order valence-corrected chi connectivity index (χ1v) is 12.3. The highest BCUT2D eigenvalue weighted by Crippen LogP contribution is 2.40. The summed E-state index contributed by atoms with van der Waals surface area (Å²) >= 11 is 0. The molecule has 0 spiro atoms. The van der Waals surface area contributed by atoms with Crippen molar-refractivity contribution in [2.45, 2.75) is 26.0 Å². The molecule has 1 fully saturated rings. The smallest absolute Gasteiger partial charge is 0.295 e. The maximum Gasteiger partial charge on any atom is 0.295 e. The van der Waals surface area contributed by atoms with Crippen molar-refractivity contribution >= 4 is 17.4 Å². The predicted molar refractivity (Wildman–Crippen MR) is 140 cm³/mol. The van der Waals surface area contributed by atoms with E-state index >= 15 is 0 Å². The Kier molecular flexibility index (Phi) is 8.59. The number of ether oxygens (including phenoxy) is 3. The van der Waals surface area contributed by atoms with E-state index in [-0.39, 0.29) is 11.3 Å². The molecule has 0 aliphatic carbocycles. The fraction of sp³-hybridized carbons (Fsp3) is 0.267. The second-order valence-electron chi connectivity index (χ2n) is 8.64. The Balaban J connectivity index is 1.67. The summed E-state index contributed by atoms with van der Waals surface area (Å²) < 4.78 is 16.6. The fourth-order valence-electron chi connectivity index (χ4n) is 4.38. The lowest BCUT2D eigenvalue weighted by molar-refractivity contribution is -0.140. The zero-order chi connectivity index (χ0) is 26.2. The Morgan fingerprint density at radius 1 is 0.919 bits per heavy atom. The summed E-state index contributed by atoms with van der Waals surface area (Å²) in [4.78, 5) is 27.8. The van der Waals surface area contributed by atoms with Gasteiger partial charge in [-0.25, -0.2) is 0 Å². The van der Waals surface area contributed by atoms with Gasteiger partial charge in [-0.2, -0.15) is 0 Å². The van der Waals surface area contributed by atoms with Crippen molar-refractivity contribution in [3.8, 4) is 11.5 Å². The molecule has 7 heteroatoms. The summed E-state index contributed by atoms with van der Waals surface area (Å²) in [7, 11) is 1.59. The van der Waals surface area contributed by atoms with E-state index in [1.54, 1.807) is 31.4 Å². The van der Waals surface area contributed by atoms with Crippen LogP contribution in [0, 0.1) is 0 Å². The van der Waals surface area contributed by atoms with Crippen LogP contribution < -0.4 is 9.47 Å². The third-order valence-electron chi connectivity index (χ3n) is 6.15. The number of aliphatic hydroxyl groups is 1. The number of ketones is 1. The Hall–Kier alpha value is -4.10. The first kappa shape index (κ1) is 26.0. The van der Waals surface area contributed by atoms with Gasteiger partial charge in [0.2, 0.25) is 0 Å². The molecule has 1 aliphatic heterocycles. The zero-order valence-electron chi connectivity index (χ0n) is 21.1. The van der Waals surface area contributed by atoms with Gasteiger partial charge in [0.1, 0.15) is 23.9 Å². The standard InChI is InChI=1S/C30H31NO6/c1-3-36-25-12-7-11-23(19-25)28(32)26-27(31(17-8-18-35-2)30(34)29(26)33)22-13-15-24(16-14-22)37-20-21-9-5-4-6-10-21/h4-7,9-16,19,27,32H,3,8,17-18,20H2,1-2H3/b28-26+. The van der Waals surface area contributed by atoms with E-state index in [1.807, 2.05) is 61.5 Å². The number of hydrogen-bond acceptors (Lipinski definition) is 6. The van der Waals surface area contributed by atoms with Gasteiger partial charge >= 0.3 is 0 Å². The highest BCUT2D eigenvalue weighted by atomic mass is 16.5. The van der Waals surface area contributed by atoms with Crippen molar-refractivity contribution in [2.75, 3.05) is 26.9 Å². The molecule has 1 aliphatic rings. The fourth-order valence-corrected chi connectivity index (χ4v) is 4.38. The molecule has 1 N–H and O–H groups in total. The average Bonchev–Trinajstić information content (AvgIpc) is 3.18. The molecule has 4 rings (SSSR count). The lowest BCUT2D eigenvalue weighted by Crippen LogP contribution is -2.31. The van der Waals surface area contributed by atoms with E-state index in [0.717, 1.165) is 5.56 Å². The monoisotopic (exact) mass is 501 g/mol. The number of carbonyl (C=O) groups is 2. The van der Waals surface area contributed by atoms with E-state index < -0.39 is 17.7 Å². The summed E-state index contributed by atoms with van der Waals surface area (Å²) in [5.41, 5.74) is 2.21. The average molecular weight is 502 g/mol. The molecule has 1 heterocycles. The minimum Gasteiger partial charge on any atom is -0.507 e. The van der Waals surface area contributed by atoms with Crippen LogP contribution in [0.5, 0.6) is 11.5 Å². The molecule has 192 valence electrons. The molecule has 37 heavy (non-hydrogen) atoms. The lowest BCUT2D eigenvalue weighted by Gasteiger charge is -2.25. The van der Waals surface area contributed by atoms with Crippen molar-refractivity contribution in [3.05, 3.63) is 101 Å². The molecule has 1 amide bonds. The number of rotatable bonds is 11. The number of nitrogens with zero attached hydrogens (tertiary/aromatic N) is 1. The van der Waals surface area contributed by atoms with Gasteiger partial charge in [-0.05, 0) is 48.7 Å². The molecule has 1 atom stereocenters. The minimum atomic E-state index is -0.740. The number of amides is 1. The Labute approximate surface area is 216 Å². The highest BCUT2D eigenvalue weighted by molar-refractivity contribution is 6.46. The molecule has 7 nitrogen and oxygen atoms in total. The van der Waals surface area contributed by atoms with E-state index in [4.69, 9.17) is 14.2 Å². The van der Waals surface area contributed by atoms with E-state index in [9.17, 15) is 14.7 Å². The molecule has 3 aromatic rings. The Morgan fingerprint density at radius 2 is 1.68 bits per heavy atom. The Morgan fingerprint density at radius 3 is 2.38 bits per heavy atom. The summed E-state index contributed by atoms with van der Waals surface area (Å²) in [5.74, 6) is -0.367. The van der Waals surface area contributed by atoms with Crippen molar-refractivity contribution in [1.82, 2.24) is 4.90 Å². The van der Waals surface area contributed by atoms with Crippen LogP contribution >= 0.6 is 0 Å². The number of hydrogen-bond donors (Lipinski definition) is 1. The van der Waals surface area contributed by atoms with Gasteiger partial charge in [0, 0.05) is 25.8 Å². The van der Waals surface area contributed by atoms with Gasteiger partial charge in [0.15, 0.2) is 0 Å². The number of Topliss-reactive ketones (excluding diaryl/α,β-unsaturated/α-hetero) is 1. The van der Waals surface area contributed by atoms with E-state index in [1.165, 1.54) is 4.90 Å².